The van der Waals surface area contributed by atoms with Crippen LogP contribution in [-0.2, 0) is 6.54 Å². The first kappa shape index (κ1) is 13.6. The summed E-state index contributed by atoms with van der Waals surface area (Å²) >= 11 is 3.35. The molecule has 106 valence electrons. The van der Waals surface area contributed by atoms with E-state index in [4.69, 9.17) is 0 Å². The molecule has 0 saturated heterocycles. The highest BCUT2D eigenvalue weighted by atomic mass is 79.9. The molecule has 0 atom stereocenters. The van der Waals surface area contributed by atoms with Crippen molar-refractivity contribution in [1.82, 2.24) is 14.7 Å². The van der Waals surface area contributed by atoms with Crippen LogP contribution in [0.4, 0.5) is 0 Å². The van der Waals surface area contributed by atoms with Crippen LogP contribution in [0.25, 0.3) is 5.65 Å². The van der Waals surface area contributed by atoms with Crippen LogP contribution in [0.15, 0.2) is 53.3 Å². The molecule has 0 spiro atoms. The monoisotopic (exact) mass is 345 g/mol. The van der Waals surface area contributed by atoms with Gasteiger partial charge in [-0.15, -0.1) is 0 Å². The maximum absolute atomic E-state index is 12.1. The van der Waals surface area contributed by atoms with Crippen molar-refractivity contribution in [3.8, 4) is 5.75 Å². The topological polar surface area (TPSA) is 66.6 Å². The molecule has 0 unspecified atom stereocenters. The SMILES string of the molecule is O=C(NCc1cn2cccc(O)c2n1)c1ccccc1Br. The summed E-state index contributed by atoms with van der Waals surface area (Å²) in [5.41, 5.74) is 1.73. The molecule has 21 heavy (non-hydrogen) atoms. The average Bonchev–Trinajstić information content (AvgIpc) is 2.90. The molecule has 3 rings (SSSR count). The van der Waals surface area contributed by atoms with Gasteiger partial charge in [-0.3, -0.25) is 4.79 Å². The van der Waals surface area contributed by atoms with Crippen LogP contribution in [0.5, 0.6) is 5.75 Å². The third-order valence-corrected chi connectivity index (χ3v) is 3.75. The van der Waals surface area contributed by atoms with Crippen LogP contribution in [0.1, 0.15) is 16.1 Å². The average molecular weight is 346 g/mol. The van der Waals surface area contributed by atoms with Gasteiger partial charge in [0.25, 0.3) is 5.91 Å². The first-order chi connectivity index (χ1) is 10.1. The lowest BCUT2D eigenvalue weighted by Crippen LogP contribution is -2.23. The molecule has 2 N–H and O–H groups in total. The van der Waals surface area contributed by atoms with Gasteiger partial charge in [-0.2, -0.15) is 0 Å². The second-order valence-corrected chi connectivity index (χ2v) is 5.37. The van der Waals surface area contributed by atoms with Gasteiger partial charge in [0.1, 0.15) is 0 Å². The summed E-state index contributed by atoms with van der Waals surface area (Å²) in [5.74, 6) is -0.0652. The molecule has 0 radical (unpaired) electrons. The second kappa shape index (κ2) is 5.57. The van der Waals surface area contributed by atoms with Crippen molar-refractivity contribution in [2.45, 2.75) is 6.54 Å². The van der Waals surface area contributed by atoms with Crippen molar-refractivity contribution in [1.29, 1.82) is 0 Å². The number of imidazole rings is 1. The molecular weight excluding hydrogens is 334 g/mol. The van der Waals surface area contributed by atoms with E-state index in [-0.39, 0.29) is 11.7 Å². The second-order valence-electron chi connectivity index (χ2n) is 4.52. The van der Waals surface area contributed by atoms with Crippen LogP contribution in [0, 0.1) is 0 Å². The standard InChI is InChI=1S/C15H12BrN3O2/c16-12-5-2-1-4-11(12)15(21)17-8-10-9-19-7-3-6-13(20)14(19)18-10/h1-7,9,20H,8H2,(H,17,21). The maximum Gasteiger partial charge on any atom is 0.252 e. The van der Waals surface area contributed by atoms with Crippen LogP contribution in [0.3, 0.4) is 0 Å². The lowest BCUT2D eigenvalue weighted by molar-refractivity contribution is 0.0949. The van der Waals surface area contributed by atoms with E-state index in [2.05, 4.69) is 26.2 Å². The van der Waals surface area contributed by atoms with Crippen molar-refractivity contribution in [3.05, 3.63) is 64.5 Å². The molecule has 0 aliphatic carbocycles. The number of aromatic hydroxyl groups is 1. The van der Waals surface area contributed by atoms with E-state index in [1.807, 2.05) is 18.2 Å². The predicted molar refractivity (Wildman–Crippen MR) is 82.2 cm³/mol. The van der Waals surface area contributed by atoms with Gasteiger partial charge in [-0.25, -0.2) is 4.98 Å². The van der Waals surface area contributed by atoms with Gasteiger partial charge in [0.15, 0.2) is 11.4 Å². The Labute approximate surface area is 129 Å². The van der Waals surface area contributed by atoms with Crippen LogP contribution in [0.2, 0.25) is 0 Å². The van der Waals surface area contributed by atoms with Gasteiger partial charge in [-0.1, -0.05) is 12.1 Å². The van der Waals surface area contributed by atoms with Crippen molar-refractivity contribution in [2.24, 2.45) is 0 Å². The van der Waals surface area contributed by atoms with Crippen LogP contribution < -0.4 is 5.32 Å². The summed E-state index contributed by atoms with van der Waals surface area (Å²) in [4.78, 5) is 16.4. The largest absolute Gasteiger partial charge is 0.504 e. The number of nitrogens with one attached hydrogen (secondary N) is 1. The zero-order valence-electron chi connectivity index (χ0n) is 11.0. The Kier molecular flexibility index (Phi) is 3.62. The van der Waals surface area contributed by atoms with Crippen molar-refractivity contribution in [3.63, 3.8) is 0 Å². The Bertz CT molecular complexity index is 814. The maximum atomic E-state index is 12.1. The first-order valence-corrected chi connectivity index (χ1v) is 7.13. The molecule has 0 fully saturated rings. The quantitative estimate of drug-likeness (QED) is 0.766. The Morgan fingerprint density at radius 1 is 1.29 bits per heavy atom. The predicted octanol–water partition coefficient (Wildman–Crippen LogP) is 2.73. The molecule has 6 heteroatoms. The molecule has 1 amide bonds. The molecule has 2 heterocycles. The fourth-order valence-electron chi connectivity index (χ4n) is 2.05. The number of pyridine rings is 1. The Morgan fingerprint density at radius 3 is 2.86 bits per heavy atom. The van der Waals surface area contributed by atoms with Gasteiger partial charge in [-0.05, 0) is 40.2 Å². The summed E-state index contributed by atoms with van der Waals surface area (Å²) in [5, 5.41) is 12.5. The van der Waals surface area contributed by atoms with E-state index >= 15 is 0 Å². The Morgan fingerprint density at radius 2 is 2.10 bits per heavy atom. The van der Waals surface area contributed by atoms with Gasteiger partial charge in [0, 0.05) is 16.9 Å². The van der Waals surface area contributed by atoms with E-state index in [1.165, 1.54) is 0 Å². The van der Waals surface area contributed by atoms with Gasteiger partial charge in [0.2, 0.25) is 0 Å². The number of aromatic nitrogens is 2. The number of carbonyl (C=O) groups is 1. The number of benzene rings is 1. The zero-order chi connectivity index (χ0) is 14.8. The first-order valence-electron chi connectivity index (χ1n) is 6.33. The number of fused-ring (bicyclic) bond motifs is 1. The van der Waals surface area contributed by atoms with Crippen LogP contribution >= 0.6 is 15.9 Å². The molecular formula is C15H12BrN3O2. The summed E-state index contributed by atoms with van der Waals surface area (Å²) in [6, 6.07) is 10.5. The highest BCUT2D eigenvalue weighted by molar-refractivity contribution is 9.10. The van der Waals surface area contributed by atoms with E-state index < -0.39 is 0 Å². The number of nitrogens with zero attached hydrogens (tertiary/aromatic N) is 2. The Balaban J connectivity index is 1.76. The molecule has 5 nitrogen and oxygen atoms in total. The highest BCUT2D eigenvalue weighted by Gasteiger charge is 2.10. The fourth-order valence-corrected chi connectivity index (χ4v) is 2.51. The minimum atomic E-state index is -0.177. The number of amides is 1. The Hall–Kier alpha value is -2.34. The normalized spacial score (nSPS) is 10.7. The zero-order valence-corrected chi connectivity index (χ0v) is 12.5. The summed E-state index contributed by atoms with van der Waals surface area (Å²) < 4.78 is 2.46. The number of hydrogen-bond acceptors (Lipinski definition) is 3. The molecule has 2 aromatic heterocycles. The summed E-state index contributed by atoms with van der Waals surface area (Å²) in [7, 11) is 0. The lowest BCUT2D eigenvalue weighted by atomic mass is 10.2. The van der Waals surface area contributed by atoms with E-state index in [1.54, 1.807) is 35.0 Å². The molecule has 0 aliphatic heterocycles. The molecule has 1 aromatic carbocycles. The fraction of sp³-hybridized carbons (Fsp3) is 0.0667. The number of carbonyl (C=O) groups excluding carboxylic acids is 1. The highest BCUT2D eigenvalue weighted by Crippen LogP contribution is 2.18. The van der Waals surface area contributed by atoms with Crippen molar-refractivity contribution >= 4 is 27.5 Å². The van der Waals surface area contributed by atoms with Gasteiger partial charge >= 0.3 is 0 Å². The smallest absolute Gasteiger partial charge is 0.252 e. The third-order valence-electron chi connectivity index (χ3n) is 3.06. The lowest BCUT2D eigenvalue weighted by Gasteiger charge is -2.04. The molecule has 3 aromatic rings. The third kappa shape index (κ3) is 2.75. The van der Waals surface area contributed by atoms with Crippen molar-refractivity contribution < 1.29 is 9.90 Å². The minimum absolute atomic E-state index is 0.112. The van der Waals surface area contributed by atoms with E-state index in [0.29, 0.717) is 23.4 Å². The van der Waals surface area contributed by atoms with Gasteiger partial charge < -0.3 is 14.8 Å². The van der Waals surface area contributed by atoms with Gasteiger partial charge in [0.05, 0.1) is 17.8 Å². The van der Waals surface area contributed by atoms with Crippen molar-refractivity contribution in [2.75, 3.05) is 0 Å². The minimum Gasteiger partial charge on any atom is -0.504 e. The molecule has 0 saturated carbocycles. The summed E-state index contributed by atoms with van der Waals surface area (Å²) in [6.45, 7) is 0.293. The summed E-state index contributed by atoms with van der Waals surface area (Å²) in [6.07, 6.45) is 3.57. The number of rotatable bonds is 3. The van der Waals surface area contributed by atoms with E-state index in [9.17, 15) is 9.90 Å². The van der Waals surface area contributed by atoms with Crippen LogP contribution in [-0.4, -0.2) is 20.4 Å². The number of hydrogen-bond donors (Lipinski definition) is 2. The number of halogens is 1. The molecule has 0 aliphatic rings. The van der Waals surface area contributed by atoms with E-state index in [0.717, 1.165) is 4.47 Å². The molecule has 0 bridgehead atoms.